The number of hydrogen-bond acceptors (Lipinski definition) is 8. The quantitative estimate of drug-likeness (QED) is 0.248. The van der Waals surface area contributed by atoms with E-state index in [1.165, 1.54) is 6.92 Å². The zero-order valence-corrected chi connectivity index (χ0v) is 14.8. The fourth-order valence-electron chi connectivity index (χ4n) is 1.19. The summed E-state index contributed by atoms with van der Waals surface area (Å²) in [5.74, 6) is -8.82. The number of hydrogen-bond donors (Lipinski definition) is 0. The lowest BCUT2D eigenvalue weighted by Gasteiger charge is -2.35. The molecule has 162 valence electrons. The summed E-state index contributed by atoms with van der Waals surface area (Å²) in [5, 5.41) is -5.34. The van der Waals surface area contributed by atoms with Gasteiger partial charge in [0.25, 0.3) is 0 Å². The molecule has 0 aliphatic carbocycles. The van der Waals surface area contributed by atoms with Crippen molar-refractivity contribution in [3.63, 3.8) is 0 Å². The second kappa shape index (κ2) is 8.65. The van der Waals surface area contributed by atoms with E-state index < -0.39 is 51.3 Å². The minimum absolute atomic E-state index is 0. The van der Waals surface area contributed by atoms with E-state index in [2.05, 4.69) is 14.2 Å². The zero-order chi connectivity index (χ0) is 21.2. The number of rotatable bonds is 8. The van der Waals surface area contributed by atoms with Gasteiger partial charge in [-0.15, -0.1) is 0 Å². The van der Waals surface area contributed by atoms with Gasteiger partial charge in [0.1, 0.15) is 6.61 Å². The maximum atomic E-state index is 13.4. The number of methoxy groups -OCH3 is 1. The maximum absolute atomic E-state index is 13.4. The average molecular weight is 431 g/mol. The molecule has 0 saturated carbocycles. The number of carbonyl (C=O) groups is 2. The van der Waals surface area contributed by atoms with Crippen molar-refractivity contribution in [3.05, 3.63) is 0 Å². The van der Waals surface area contributed by atoms with Gasteiger partial charge in [-0.3, -0.25) is 4.79 Å². The van der Waals surface area contributed by atoms with Gasteiger partial charge in [-0.1, -0.05) is 14.4 Å². The van der Waals surface area contributed by atoms with Crippen LogP contribution in [-0.4, -0.2) is 55.8 Å². The van der Waals surface area contributed by atoms with Gasteiger partial charge in [0.2, 0.25) is 0 Å². The highest BCUT2D eigenvalue weighted by molar-refractivity contribution is 7.86. The molecule has 0 saturated heterocycles. The molecular weight excluding hydrogens is 411 g/mol. The Hall–Kier alpha value is -1.54. The lowest BCUT2D eigenvalue weighted by Crippen LogP contribution is -2.60. The van der Waals surface area contributed by atoms with Crippen molar-refractivity contribution < 1.29 is 58.7 Å². The van der Waals surface area contributed by atoms with Gasteiger partial charge in [0.15, 0.2) is 10.1 Å². The molecule has 8 nitrogen and oxygen atoms in total. The molecule has 0 fully saturated rings. The van der Waals surface area contributed by atoms with Crippen molar-refractivity contribution in [2.75, 3.05) is 13.7 Å². The highest BCUT2D eigenvalue weighted by Crippen LogP contribution is 2.40. The first kappa shape index (κ1) is 27.7. The minimum atomic E-state index is -6.43. The highest BCUT2D eigenvalue weighted by Gasteiger charge is 2.69. The van der Waals surface area contributed by atoms with E-state index in [9.17, 15) is 44.5 Å². The van der Waals surface area contributed by atoms with Gasteiger partial charge in [0.05, 0.1) is 12.5 Å². The molecule has 0 radical (unpaired) electrons. The van der Waals surface area contributed by atoms with Gasteiger partial charge in [-0.05, 0) is 20.3 Å². The Kier molecular flexibility index (Phi) is 8.86. The summed E-state index contributed by atoms with van der Waals surface area (Å²) in [7, 11) is -6.02. The third kappa shape index (κ3) is 5.97. The van der Waals surface area contributed by atoms with E-state index in [1.807, 2.05) is 0 Å². The number of halogens is 5. The summed E-state index contributed by atoms with van der Waals surface area (Å²) in [6, 6.07) is 0. The smallest absolute Gasteiger partial charge is 0.468 e. The number of carbonyl (C=O) groups excluding carboxylic acids is 2. The second-order valence-corrected chi connectivity index (χ2v) is 7.12. The normalized spacial score (nSPS) is 15.3. The Bertz CT molecular complexity index is 644. The van der Waals surface area contributed by atoms with Crippen LogP contribution in [-0.2, 0) is 33.9 Å². The molecule has 0 spiro atoms. The van der Waals surface area contributed by atoms with E-state index in [0.717, 1.165) is 13.8 Å². The lowest BCUT2D eigenvalue weighted by atomic mass is 9.90. The molecule has 0 bridgehead atoms. The van der Waals surface area contributed by atoms with E-state index in [4.69, 9.17) is 0 Å². The first-order valence-corrected chi connectivity index (χ1v) is 8.14. The van der Waals surface area contributed by atoms with Crippen molar-refractivity contribution in [1.29, 1.82) is 0 Å². The average Bonchev–Trinajstić information content (AvgIpc) is 2.47. The fraction of sp³-hybridized carbons (Fsp3) is 0.846. The summed E-state index contributed by atoms with van der Waals surface area (Å²) in [6.07, 6.45) is -6.02. The second-order valence-electron chi connectivity index (χ2n) is 5.61. The van der Waals surface area contributed by atoms with Crippen LogP contribution >= 0.6 is 0 Å². The van der Waals surface area contributed by atoms with Crippen LogP contribution in [0.25, 0.3) is 0 Å². The molecule has 0 aromatic rings. The largest absolute Gasteiger partial charge is 0.743 e. The first-order chi connectivity index (χ1) is 11.4. The molecule has 0 heterocycles. The number of ether oxygens (including phenoxy) is 3. The summed E-state index contributed by atoms with van der Waals surface area (Å²) >= 11 is 0. The van der Waals surface area contributed by atoms with Crippen molar-refractivity contribution >= 4 is 22.1 Å². The Labute approximate surface area is 152 Å². The SMILES string of the molecule is C.CCC(C)(C)C(=O)OC(OCC(F)(F)S(=O)(=O)[O-])(C(=O)OC)C(F)(F)F. The molecule has 0 rings (SSSR count). The van der Waals surface area contributed by atoms with Crippen LogP contribution in [0.1, 0.15) is 34.6 Å². The van der Waals surface area contributed by atoms with E-state index >= 15 is 0 Å². The number of alkyl halides is 5. The predicted octanol–water partition coefficient (Wildman–Crippen LogP) is 2.19. The van der Waals surface area contributed by atoms with Crippen LogP contribution in [0, 0.1) is 5.41 Å². The number of esters is 2. The molecule has 0 aliphatic heterocycles. The van der Waals surface area contributed by atoms with Gasteiger partial charge < -0.3 is 18.8 Å². The molecule has 0 N–H and O–H groups in total. The van der Waals surface area contributed by atoms with Crippen molar-refractivity contribution in [1.82, 2.24) is 0 Å². The van der Waals surface area contributed by atoms with Crippen LogP contribution in [0.3, 0.4) is 0 Å². The molecule has 14 heteroatoms. The molecule has 1 atom stereocenters. The molecule has 0 amide bonds. The van der Waals surface area contributed by atoms with Gasteiger partial charge >= 0.3 is 29.2 Å². The summed E-state index contributed by atoms with van der Waals surface area (Å²) < 4.78 is 109. The monoisotopic (exact) mass is 431 g/mol. The molecule has 27 heavy (non-hydrogen) atoms. The lowest BCUT2D eigenvalue weighted by molar-refractivity contribution is -0.362. The zero-order valence-electron chi connectivity index (χ0n) is 14.0. The standard InChI is InChI=1S/C12H17F5O8S.CH4/c1-5-9(2,3)7(18)25-11(8(19)23-4,12(15,16)17)24-6-10(13,14)26(20,21)22;/h5-6H2,1-4H3,(H,20,21,22);1H4/p-1. The van der Waals surface area contributed by atoms with Gasteiger partial charge in [0, 0.05) is 0 Å². The van der Waals surface area contributed by atoms with Crippen molar-refractivity contribution in [3.8, 4) is 0 Å². The molecule has 0 aromatic carbocycles. The topological polar surface area (TPSA) is 119 Å². The Balaban J connectivity index is 0. The van der Waals surface area contributed by atoms with Crippen LogP contribution in [0.4, 0.5) is 22.0 Å². The summed E-state index contributed by atoms with van der Waals surface area (Å²) in [6.45, 7) is 0.926. The fourth-order valence-corrected chi connectivity index (χ4v) is 1.39. The first-order valence-electron chi connectivity index (χ1n) is 6.73. The maximum Gasteiger partial charge on any atom is 0.468 e. The van der Waals surface area contributed by atoms with Gasteiger partial charge in [-0.2, -0.15) is 22.0 Å². The highest BCUT2D eigenvalue weighted by atomic mass is 32.2. The molecular formula is C13H20F5O8S-. The molecule has 1 unspecified atom stereocenters. The molecule has 0 aliphatic rings. The summed E-state index contributed by atoms with van der Waals surface area (Å²) in [4.78, 5) is 23.5. The van der Waals surface area contributed by atoms with E-state index in [-0.39, 0.29) is 13.8 Å². The van der Waals surface area contributed by atoms with Crippen LogP contribution in [0.5, 0.6) is 0 Å². The van der Waals surface area contributed by atoms with Crippen LogP contribution in [0.15, 0.2) is 0 Å². The minimum Gasteiger partial charge on any atom is -0.743 e. The van der Waals surface area contributed by atoms with Crippen molar-refractivity contribution in [2.45, 2.75) is 51.8 Å². The summed E-state index contributed by atoms with van der Waals surface area (Å²) in [5.41, 5.74) is -1.60. The van der Waals surface area contributed by atoms with E-state index in [0.29, 0.717) is 7.11 Å². The third-order valence-electron chi connectivity index (χ3n) is 3.31. The predicted molar refractivity (Wildman–Crippen MR) is 78.3 cm³/mol. The molecule has 0 aromatic heterocycles. The van der Waals surface area contributed by atoms with Crippen molar-refractivity contribution in [2.24, 2.45) is 5.41 Å². The van der Waals surface area contributed by atoms with E-state index in [1.54, 1.807) is 0 Å². The Morgan fingerprint density at radius 2 is 1.48 bits per heavy atom. The van der Waals surface area contributed by atoms with Crippen LogP contribution in [0.2, 0.25) is 0 Å². The Morgan fingerprint density at radius 3 is 1.78 bits per heavy atom. The van der Waals surface area contributed by atoms with Gasteiger partial charge in [-0.25, -0.2) is 13.2 Å². The Morgan fingerprint density at radius 1 is 1.04 bits per heavy atom. The van der Waals surface area contributed by atoms with Crippen LogP contribution < -0.4 is 0 Å². The third-order valence-corrected chi connectivity index (χ3v) is 4.16.